The standard InChI is InChI=1S/C21H29N3O2/c1-14(2)12-13-24(20(25)16-8-7-9-16)15(3)19-22-18-11-6-5-10-17(18)21(26)23(19)4/h5-6,10-11,14-16H,7-9,12-13H2,1-4H3. The molecule has 2 aromatic rings. The molecule has 1 heterocycles. The van der Waals surface area contributed by atoms with Crippen LogP contribution in [0.4, 0.5) is 0 Å². The van der Waals surface area contributed by atoms with Gasteiger partial charge in [-0.15, -0.1) is 0 Å². The van der Waals surface area contributed by atoms with Crippen LogP contribution in [-0.2, 0) is 11.8 Å². The first kappa shape index (κ1) is 18.6. The van der Waals surface area contributed by atoms with E-state index in [1.807, 2.05) is 30.0 Å². The minimum Gasteiger partial charge on any atom is -0.333 e. The minimum absolute atomic E-state index is 0.0580. The first-order valence-electron chi connectivity index (χ1n) is 9.66. The molecule has 1 fully saturated rings. The number of hydrogen-bond donors (Lipinski definition) is 0. The third-order valence-corrected chi connectivity index (χ3v) is 5.54. The van der Waals surface area contributed by atoms with Crippen molar-refractivity contribution >= 4 is 16.8 Å². The molecule has 0 saturated heterocycles. The highest BCUT2D eigenvalue weighted by atomic mass is 16.2. The Hall–Kier alpha value is -2.17. The molecule has 140 valence electrons. The van der Waals surface area contributed by atoms with Gasteiger partial charge < -0.3 is 4.90 Å². The Balaban J connectivity index is 1.98. The first-order chi connectivity index (χ1) is 12.4. The summed E-state index contributed by atoms with van der Waals surface area (Å²) in [6, 6.07) is 7.18. The molecule has 1 amide bonds. The van der Waals surface area contributed by atoms with E-state index in [1.54, 1.807) is 17.7 Å². The van der Waals surface area contributed by atoms with E-state index in [0.29, 0.717) is 29.2 Å². The molecule has 0 radical (unpaired) electrons. The molecule has 5 heteroatoms. The number of nitrogens with zero attached hydrogens (tertiary/aromatic N) is 3. The van der Waals surface area contributed by atoms with Gasteiger partial charge in [0.2, 0.25) is 5.91 Å². The largest absolute Gasteiger partial charge is 0.333 e. The van der Waals surface area contributed by atoms with Crippen LogP contribution in [-0.4, -0.2) is 26.9 Å². The number of carbonyl (C=O) groups is 1. The summed E-state index contributed by atoms with van der Waals surface area (Å²) in [5.41, 5.74) is 0.634. The van der Waals surface area contributed by atoms with Gasteiger partial charge >= 0.3 is 0 Å². The Labute approximate surface area is 155 Å². The molecule has 0 bridgehead atoms. The average molecular weight is 355 g/mol. The van der Waals surface area contributed by atoms with Crippen molar-refractivity contribution in [2.45, 2.75) is 52.5 Å². The number of carbonyl (C=O) groups excluding carboxylic acids is 1. The summed E-state index contributed by atoms with van der Waals surface area (Å²) >= 11 is 0. The van der Waals surface area contributed by atoms with E-state index in [9.17, 15) is 9.59 Å². The molecule has 1 unspecified atom stereocenters. The molecule has 0 N–H and O–H groups in total. The Morgan fingerprint density at radius 2 is 1.96 bits per heavy atom. The Morgan fingerprint density at radius 1 is 1.27 bits per heavy atom. The van der Waals surface area contributed by atoms with E-state index in [0.717, 1.165) is 25.7 Å². The minimum atomic E-state index is -0.218. The summed E-state index contributed by atoms with van der Waals surface area (Å²) in [5, 5.41) is 0.616. The zero-order valence-corrected chi connectivity index (χ0v) is 16.2. The molecule has 1 aliphatic rings. The van der Waals surface area contributed by atoms with Crippen LogP contribution in [0.3, 0.4) is 0 Å². The molecule has 1 aromatic carbocycles. The number of aromatic nitrogens is 2. The van der Waals surface area contributed by atoms with E-state index in [4.69, 9.17) is 4.98 Å². The predicted molar refractivity (Wildman–Crippen MR) is 104 cm³/mol. The van der Waals surface area contributed by atoms with Crippen molar-refractivity contribution in [3.63, 3.8) is 0 Å². The lowest BCUT2D eigenvalue weighted by Gasteiger charge is -2.36. The van der Waals surface area contributed by atoms with E-state index >= 15 is 0 Å². The predicted octanol–water partition coefficient (Wildman–Crippen LogP) is 3.67. The van der Waals surface area contributed by atoms with E-state index in [-0.39, 0.29) is 23.4 Å². The van der Waals surface area contributed by atoms with Crippen molar-refractivity contribution in [1.29, 1.82) is 0 Å². The first-order valence-corrected chi connectivity index (χ1v) is 9.66. The maximum atomic E-state index is 13.0. The van der Waals surface area contributed by atoms with Gasteiger partial charge in [-0.05, 0) is 44.2 Å². The second-order valence-corrected chi connectivity index (χ2v) is 7.87. The highest BCUT2D eigenvalue weighted by Gasteiger charge is 2.33. The van der Waals surface area contributed by atoms with Crippen LogP contribution in [0.15, 0.2) is 29.1 Å². The summed E-state index contributed by atoms with van der Waals surface area (Å²) in [5.74, 6) is 1.53. The summed E-state index contributed by atoms with van der Waals surface area (Å²) < 4.78 is 1.60. The number of rotatable bonds is 6. The fourth-order valence-electron chi connectivity index (χ4n) is 3.53. The highest BCUT2D eigenvalue weighted by Crippen LogP contribution is 2.31. The SMILES string of the molecule is CC(C)CCN(C(=O)C1CCC1)C(C)c1nc2ccccc2c(=O)n1C. The Morgan fingerprint density at radius 3 is 2.58 bits per heavy atom. The van der Waals surface area contributed by atoms with Crippen molar-refractivity contribution in [2.75, 3.05) is 6.54 Å². The average Bonchev–Trinajstić information content (AvgIpc) is 2.56. The Kier molecular flexibility index (Phi) is 5.44. The van der Waals surface area contributed by atoms with Gasteiger partial charge in [-0.2, -0.15) is 0 Å². The van der Waals surface area contributed by atoms with Crippen molar-refractivity contribution < 1.29 is 4.79 Å². The number of benzene rings is 1. The molecular weight excluding hydrogens is 326 g/mol. The third kappa shape index (κ3) is 3.53. The van der Waals surface area contributed by atoms with E-state index < -0.39 is 0 Å². The normalized spacial score (nSPS) is 15.9. The molecule has 0 spiro atoms. The van der Waals surface area contributed by atoms with Crippen molar-refractivity contribution in [1.82, 2.24) is 14.5 Å². The summed E-state index contributed by atoms with van der Waals surface area (Å²) in [4.78, 5) is 32.4. The van der Waals surface area contributed by atoms with Crippen LogP contribution in [0.1, 0.15) is 58.3 Å². The second kappa shape index (κ2) is 7.60. The van der Waals surface area contributed by atoms with Gasteiger partial charge in [-0.3, -0.25) is 14.2 Å². The molecule has 1 atom stereocenters. The zero-order valence-electron chi connectivity index (χ0n) is 16.2. The van der Waals surface area contributed by atoms with E-state index in [2.05, 4.69) is 13.8 Å². The van der Waals surface area contributed by atoms with E-state index in [1.165, 1.54) is 0 Å². The van der Waals surface area contributed by atoms with Gasteiger partial charge in [0.15, 0.2) is 0 Å². The molecule has 1 aliphatic carbocycles. The molecule has 0 aliphatic heterocycles. The van der Waals surface area contributed by atoms with Crippen LogP contribution in [0.2, 0.25) is 0 Å². The van der Waals surface area contributed by atoms with Gasteiger partial charge in [0.25, 0.3) is 5.56 Å². The maximum Gasteiger partial charge on any atom is 0.261 e. The molecule has 1 saturated carbocycles. The van der Waals surface area contributed by atoms with Gasteiger partial charge in [-0.25, -0.2) is 4.98 Å². The molecule has 3 rings (SSSR count). The number of amides is 1. The van der Waals surface area contributed by atoms with Gasteiger partial charge in [0, 0.05) is 19.5 Å². The topological polar surface area (TPSA) is 55.2 Å². The summed E-state index contributed by atoms with van der Waals surface area (Å²) in [7, 11) is 1.75. The number of para-hydroxylation sites is 1. The molecule has 5 nitrogen and oxygen atoms in total. The number of hydrogen-bond acceptors (Lipinski definition) is 3. The zero-order chi connectivity index (χ0) is 18.8. The summed E-state index contributed by atoms with van der Waals surface area (Å²) in [6.07, 6.45) is 4.04. The van der Waals surface area contributed by atoms with Crippen molar-refractivity contribution in [3.8, 4) is 0 Å². The van der Waals surface area contributed by atoms with Crippen molar-refractivity contribution in [3.05, 3.63) is 40.4 Å². The van der Waals surface area contributed by atoms with Gasteiger partial charge in [0.1, 0.15) is 5.82 Å². The monoisotopic (exact) mass is 355 g/mol. The molecule has 26 heavy (non-hydrogen) atoms. The van der Waals surface area contributed by atoms with Crippen molar-refractivity contribution in [2.24, 2.45) is 18.9 Å². The highest BCUT2D eigenvalue weighted by molar-refractivity contribution is 5.80. The van der Waals surface area contributed by atoms with Crippen LogP contribution < -0.4 is 5.56 Å². The van der Waals surface area contributed by atoms with Crippen LogP contribution in [0.25, 0.3) is 10.9 Å². The smallest absolute Gasteiger partial charge is 0.261 e. The fourth-order valence-corrected chi connectivity index (χ4v) is 3.53. The quantitative estimate of drug-likeness (QED) is 0.794. The lowest BCUT2D eigenvalue weighted by Crippen LogP contribution is -2.43. The molecular formula is C21H29N3O2. The Bertz CT molecular complexity index is 852. The van der Waals surface area contributed by atoms with Gasteiger partial charge in [0.05, 0.1) is 16.9 Å². The fraction of sp³-hybridized carbons (Fsp3) is 0.571. The lowest BCUT2D eigenvalue weighted by molar-refractivity contribution is -0.140. The van der Waals surface area contributed by atoms with Crippen LogP contribution in [0.5, 0.6) is 0 Å². The second-order valence-electron chi connectivity index (χ2n) is 7.87. The summed E-state index contributed by atoms with van der Waals surface area (Å²) in [6.45, 7) is 7.03. The molecule has 1 aromatic heterocycles. The lowest BCUT2D eigenvalue weighted by atomic mass is 9.84. The maximum absolute atomic E-state index is 13.0. The van der Waals surface area contributed by atoms with Crippen LogP contribution >= 0.6 is 0 Å². The number of fused-ring (bicyclic) bond motifs is 1. The van der Waals surface area contributed by atoms with Crippen LogP contribution in [0, 0.1) is 11.8 Å². The van der Waals surface area contributed by atoms with Gasteiger partial charge in [-0.1, -0.05) is 32.4 Å². The third-order valence-electron chi connectivity index (χ3n) is 5.54.